The third-order valence-electron chi connectivity index (χ3n) is 5.65. The SMILES string of the molecule is Oc1ccc2c(c1)CCC1Cc3cc(O)c(O)cc3C21.Oc1ccccc1O. The van der Waals surface area contributed by atoms with Gasteiger partial charge in [0.05, 0.1) is 0 Å². The molecule has 2 aliphatic rings. The van der Waals surface area contributed by atoms with Crippen LogP contribution >= 0.6 is 0 Å². The maximum atomic E-state index is 9.78. The van der Waals surface area contributed by atoms with Crippen LogP contribution in [0.1, 0.15) is 34.6 Å². The van der Waals surface area contributed by atoms with Crippen LogP contribution < -0.4 is 0 Å². The Balaban J connectivity index is 0.000000203. The molecule has 2 atom stereocenters. The van der Waals surface area contributed by atoms with Crippen molar-refractivity contribution in [1.29, 1.82) is 0 Å². The normalized spacial score (nSPS) is 19.0. The Bertz CT molecular complexity index is 1010. The third kappa shape index (κ3) is 3.20. The first kappa shape index (κ1) is 18.0. The number of hydrogen-bond donors (Lipinski definition) is 5. The fourth-order valence-corrected chi connectivity index (χ4v) is 4.36. The fourth-order valence-electron chi connectivity index (χ4n) is 4.36. The van der Waals surface area contributed by atoms with Gasteiger partial charge in [-0.2, -0.15) is 0 Å². The Morgan fingerprint density at radius 2 is 1.32 bits per heavy atom. The highest BCUT2D eigenvalue weighted by Crippen LogP contribution is 2.51. The van der Waals surface area contributed by atoms with Crippen LogP contribution in [0.25, 0.3) is 0 Å². The lowest BCUT2D eigenvalue weighted by Crippen LogP contribution is -2.17. The maximum absolute atomic E-state index is 9.78. The summed E-state index contributed by atoms with van der Waals surface area (Å²) in [5, 5.41) is 46.4. The Morgan fingerprint density at radius 3 is 2.00 bits per heavy atom. The quantitative estimate of drug-likeness (QED) is 0.378. The summed E-state index contributed by atoms with van der Waals surface area (Å²) in [5.41, 5.74) is 4.71. The molecule has 5 nitrogen and oxygen atoms in total. The van der Waals surface area contributed by atoms with Crippen molar-refractivity contribution in [3.8, 4) is 28.7 Å². The van der Waals surface area contributed by atoms with E-state index in [0.717, 1.165) is 30.4 Å². The first-order valence-electron chi connectivity index (χ1n) is 9.27. The zero-order chi connectivity index (χ0) is 19.8. The molecule has 0 heterocycles. The average molecular weight is 378 g/mol. The molecule has 2 unspecified atom stereocenters. The first-order valence-corrected chi connectivity index (χ1v) is 9.27. The van der Waals surface area contributed by atoms with Gasteiger partial charge in [-0.15, -0.1) is 0 Å². The number of rotatable bonds is 0. The van der Waals surface area contributed by atoms with Gasteiger partial charge in [-0.3, -0.25) is 0 Å². The Morgan fingerprint density at radius 1 is 0.643 bits per heavy atom. The van der Waals surface area contributed by atoms with Gasteiger partial charge in [0.2, 0.25) is 0 Å². The van der Waals surface area contributed by atoms with E-state index in [2.05, 4.69) is 0 Å². The van der Waals surface area contributed by atoms with E-state index >= 15 is 0 Å². The van der Waals surface area contributed by atoms with Gasteiger partial charge in [0.15, 0.2) is 23.0 Å². The van der Waals surface area contributed by atoms with Crippen LogP contribution in [0.15, 0.2) is 54.6 Å². The number of aryl methyl sites for hydroxylation is 1. The molecule has 0 aliphatic heterocycles. The molecule has 0 aromatic heterocycles. The Labute approximate surface area is 162 Å². The second kappa shape index (κ2) is 7.00. The van der Waals surface area contributed by atoms with E-state index in [1.165, 1.54) is 23.3 Å². The van der Waals surface area contributed by atoms with E-state index in [9.17, 15) is 15.3 Å². The molecular weight excluding hydrogens is 356 g/mol. The van der Waals surface area contributed by atoms with Gasteiger partial charge < -0.3 is 25.5 Å². The predicted octanol–water partition coefficient (Wildman–Crippen LogP) is 4.15. The monoisotopic (exact) mass is 378 g/mol. The number of phenolic OH excluding ortho intramolecular Hbond substituents is 5. The molecule has 144 valence electrons. The van der Waals surface area contributed by atoms with Crippen molar-refractivity contribution < 1.29 is 25.5 Å². The smallest absolute Gasteiger partial charge is 0.157 e. The highest BCUT2D eigenvalue weighted by molar-refractivity contribution is 5.55. The first-order chi connectivity index (χ1) is 13.4. The van der Waals surface area contributed by atoms with E-state index in [1.54, 1.807) is 30.3 Å². The van der Waals surface area contributed by atoms with E-state index in [4.69, 9.17) is 10.2 Å². The van der Waals surface area contributed by atoms with Crippen LogP contribution in [0.2, 0.25) is 0 Å². The molecule has 5 N–H and O–H groups in total. The number of aromatic hydroxyl groups is 5. The van der Waals surface area contributed by atoms with Gasteiger partial charge in [-0.1, -0.05) is 18.2 Å². The molecule has 5 heteroatoms. The van der Waals surface area contributed by atoms with E-state index in [0.29, 0.717) is 11.7 Å². The van der Waals surface area contributed by atoms with Crippen molar-refractivity contribution in [2.45, 2.75) is 25.2 Å². The summed E-state index contributed by atoms with van der Waals surface area (Å²) < 4.78 is 0. The lowest BCUT2D eigenvalue weighted by molar-refractivity contribution is 0.402. The standard InChI is InChI=1S/C17H16O3.C6H6O2/c18-12-3-4-13-9(6-12)1-2-10-5-11-7-15(19)16(20)8-14(11)17(10)13;7-5-3-1-2-4-6(5)8/h3-4,6-8,10,17-20H,1-2,5H2;1-4,7-8H. The highest BCUT2D eigenvalue weighted by atomic mass is 16.3. The largest absolute Gasteiger partial charge is 0.508 e. The maximum Gasteiger partial charge on any atom is 0.157 e. The summed E-state index contributed by atoms with van der Waals surface area (Å²) in [6, 6.07) is 15.1. The third-order valence-corrected chi connectivity index (χ3v) is 5.65. The highest BCUT2D eigenvalue weighted by Gasteiger charge is 2.38. The number of para-hydroxylation sites is 2. The van der Waals surface area contributed by atoms with Gasteiger partial charge in [-0.25, -0.2) is 0 Å². The minimum Gasteiger partial charge on any atom is -0.508 e. The molecule has 0 saturated heterocycles. The van der Waals surface area contributed by atoms with Crippen LogP contribution in [0.3, 0.4) is 0 Å². The molecule has 3 aromatic rings. The summed E-state index contributed by atoms with van der Waals surface area (Å²) in [6.07, 6.45) is 3.02. The van der Waals surface area contributed by atoms with Gasteiger partial charge >= 0.3 is 0 Å². The van der Waals surface area contributed by atoms with Crippen molar-refractivity contribution in [2.75, 3.05) is 0 Å². The average Bonchev–Trinajstić information content (AvgIpc) is 3.02. The molecule has 0 radical (unpaired) electrons. The second-order valence-electron chi connectivity index (χ2n) is 7.39. The van der Waals surface area contributed by atoms with Crippen LogP contribution in [0.5, 0.6) is 28.7 Å². The van der Waals surface area contributed by atoms with Crippen molar-refractivity contribution in [3.63, 3.8) is 0 Å². The zero-order valence-electron chi connectivity index (χ0n) is 15.2. The number of benzene rings is 3. The minimum atomic E-state index is -0.0764. The van der Waals surface area contributed by atoms with Crippen molar-refractivity contribution in [2.24, 2.45) is 5.92 Å². The van der Waals surface area contributed by atoms with Crippen LogP contribution in [0.4, 0.5) is 0 Å². The molecule has 3 aromatic carbocycles. The summed E-state index contributed by atoms with van der Waals surface area (Å²) in [6.45, 7) is 0. The molecular formula is C23H22O5. The Kier molecular flexibility index (Phi) is 4.51. The van der Waals surface area contributed by atoms with Crippen molar-refractivity contribution in [1.82, 2.24) is 0 Å². The molecule has 0 saturated carbocycles. The van der Waals surface area contributed by atoms with Gasteiger partial charge in [0.25, 0.3) is 0 Å². The predicted molar refractivity (Wildman–Crippen MR) is 105 cm³/mol. The van der Waals surface area contributed by atoms with Crippen molar-refractivity contribution >= 4 is 0 Å². The number of phenols is 5. The van der Waals surface area contributed by atoms with Crippen molar-refractivity contribution in [3.05, 3.63) is 76.9 Å². The van der Waals surface area contributed by atoms with Crippen LogP contribution in [0, 0.1) is 5.92 Å². The molecule has 0 fully saturated rings. The molecule has 5 rings (SSSR count). The molecule has 2 aliphatic carbocycles. The second-order valence-corrected chi connectivity index (χ2v) is 7.39. The Hall–Kier alpha value is -3.34. The summed E-state index contributed by atoms with van der Waals surface area (Å²) in [4.78, 5) is 0. The van der Waals surface area contributed by atoms with Gasteiger partial charge in [0.1, 0.15) is 5.75 Å². The van der Waals surface area contributed by atoms with Crippen LogP contribution in [-0.2, 0) is 12.8 Å². The number of fused-ring (bicyclic) bond motifs is 5. The molecule has 0 bridgehead atoms. The van der Waals surface area contributed by atoms with Crippen LogP contribution in [-0.4, -0.2) is 25.5 Å². The lowest BCUT2D eigenvalue weighted by atomic mass is 9.75. The topological polar surface area (TPSA) is 101 Å². The molecule has 0 spiro atoms. The van der Waals surface area contributed by atoms with Gasteiger partial charge in [-0.05, 0) is 83.8 Å². The molecule has 0 amide bonds. The zero-order valence-corrected chi connectivity index (χ0v) is 15.2. The summed E-state index contributed by atoms with van der Waals surface area (Å²) >= 11 is 0. The fraction of sp³-hybridized carbons (Fsp3) is 0.217. The minimum absolute atomic E-state index is 0.0340. The van der Waals surface area contributed by atoms with E-state index in [-0.39, 0.29) is 28.9 Å². The van der Waals surface area contributed by atoms with Gasteiger partial charge in [0, 0.05) is 5.92 Å². The summed E-state index contributed by atoms with van der Waals surface area (Å²) in [7, 11) is 0. The lowest BCUT2D eigenvalue weighted by Gasteiger charge is -2.29. The summed E-state index contributed by atoms with van der Waals surface area (Å²) in [5.74, 6) is 0.890. The van der Waals surface area contributed by atoms with E-state index in [1.807, 2.05) is 12.1 Å². The van der Waals surface area contributed by atoms with E-state index < -0.39 is 0 Å². The number of hydrogen-bond acceptors (Lipinski definition) is 5. The molecule has 28 heavy (non-hydrogen) atoms.